The Morgan fingerprint density at radius 1 is 0.708 bits per heavy atom. The van der Waals surface area contributed by atoms with Gasteiger partial charge in [-0.3, -0.25) is 0 Å². The molecule has 0 aromatic rings. The minimum Gasteiger partial charge on any atom is -0.377 e. The van der Waals surface area contributed by atoms with Crippen LogP contribution in [-0.2, 0) is 20.0 Å². The number of halogens is 10. The number of sulfonamides is 2. The Morgan fingerprint density at radius 2 is 0.917 bits per heavy atom. The molecule has 0 radical (unpaired) electrons. The fraction of sp³-hybridized carbons (Fsp3) is 1.00. The summed E-state index contributed by atoms with van der Waals surface area (Å²) in [6.45, 7) is -0.242. The van der Waals surface area contributed by atoms with Crippen molar-refractivity contribution in [3.63, 3.8) is 0 Å². The van der Waals surface area contributed by atoms with Crippen molar-refractivity contribution in [2.24, 2.45) is 0 Å². The molecule has 1 N–H and O–H groups in total. The normalized spacial score (nSPS) is 17.2. The molecule has 0 saturated heterocycles. The molecule has 1 unspecified atom stereocenters. The molecule has 0 aliphatic rings. The molecule has 0 spiro atoms. The van der Waals surface area contributed by atoms with E-state index in [9.17, 15) is 60.7 Å². The molecule has 0 bridgehead atoms. The zero-order chi connectivity index (χ0) is 20.2. The summed E-state index contributed by atoms with van der Waals surface area (Å²) < 4.78 is 165. The number of aliphatic hydroxyl groups is 1. The summed E-state index contributed by atoms with van der Waals surface area (Å²) >= 11 is 0. The fourth-order valence-corrected chi connectivity index (χ4v) is 4.48. The van der Waals surface area contributed by atoms with Gasteiger partial charge in [0, 0.05) is 0 Å². The summed E-state index contributed by atoms with van der Waals surface area (Å²) in [5.41, 5.74) is 0. The maximum Gasteiger partial charge on any atom is 0.471 e. The van der Waals surface area contributed by atoms with Crippen molar-refractivity contribution < 1.29 is 65.8 Å². The zero-order valence-corrected chi connectivity index (χ0v) is 12.3. The van der Waals surface area contributed by atoms with E-state index < -0.39 is 52.8 Å². The third-order valence-corrected chi connectivity index (χ3v) is 6.58. The summed E-state index contributed by atoms with van der Waals surface area (Å²) in [5, 5.41) is -5.50. The number of alkyl halides is 10. The van der Waals surface area contributed by atoms with E-state index in [1.165, 1.54) is 0 Å². The molecule has 6 nitrogen and oxygen atoms in total. The monoisotopic (exact) mass is 425 g/mol. The van der Waals surface area contributed by atoms with Crippen LogP contribution in [0.3, 0.4) is 0 Å². The Balaban J connectivity index is 6.71. The molecule has 146 valence electrons. The molecule has 0 rings (SSSR count). The SMILES string of the molecule is CC(O)N(S(=O)(=O)C(F)(F)C(F)(F)F)S(=O)(=O)C(F)(F)C(F)(F)F. The first kappa shape index (κ1) is 23.1. The van der Waals surface area contributed by atoms with Crippen molar-refractivity contribution in [1.82, 2.24) is 3.71 Å². The van der Waals surface area contributed by atoms with E-state index in [2.05, 4.69) is 0 Å². The first-order valence-electron chi connectivity index (χ1n) is 4.92. The lowest BCUT2D eigenvalue weighted by atomic mass is 10.7. The van der Waals surface area contributed by atoms with Crippen molar-refractivity contribution in [1.29, 1.82) is 0 Å². The maximum absolute atomic E-state index is 12.9. The molecule has 0 fully saturated rings. The van der Waals surface area contributed by atoms with Crippen LogP contribution in [0, 0.1) is 0 Å². The lowest BCUT2D eigenvalue weighted by Crippen LogP contribution is -2.61. The van der Waals surface area contributed by atoms with Gasteiger partial charge in [-0.05, 0) is 6.92 Å². The standard InChI is InChI=1S/C6H5F10NO5S2/c1-2(18)17(23(19,20)5(13,14)3(7,8)9)24(21,22)6(15,16)4(10,11)12/h2,18H,1H3. The fourth-order valence-electron chi connectivity index (χ4n) is 1.05. The Labute approximate surface area is 126 Å². The van der Waals surface area contributed by atoms with Gasteiger partial charge in [-0.2, -0.15) is 43.9 Å². The van der Waals surface area contributed by atoms with Crippen LogP contribution >= 0.6 is 0 Å². The van der Waals surface area contributed by atoms with E-state index in [1.54, 1.807) is 0 Å². The molecule has 24 heavy (non-hydrogen) atoms. The summed E-state index contributed by atoms with van der Waals surface area (Å²) in [6, 6.07) is 0. The van der Waals surface area contributed by atoms with E-state index in [-0.39, 0.29) is 6.92 Å². The van der Waals surface area contributed by atoms with Gasteiger partial charge < -0.3 is 5.11 Å². The van der Waals surface area contributed by atoms with Gasteiger partial charge in [0.1, 0.15) is 6.23 Å². The van der Waals surface area contributed by atoms with Gasteiger partial charge in [-0.15, -0.1) is 0 Å². The van der Waals surface area contributed by atoms with Gasteiger partial charge in [0.05, 0.1) is 0 Å². The van der Waals surface area contributed by atoms with Gasteiger partial charge in [0.2, 0.25) is 0 Å². The van der Waals surface area contributed by atoms with Gasteiger partial charge in [0.15, 0.2) is 0 Å². The number of rotatable bonds is 5. The predicted molar refractivity (Wildman–Crippen MR) is 53.4 cm³/mol. The third kappa shape index (κ3) is 3.27. The number of hydrogen-bond donors (Lipinski definition) is 1. The summed E-state index contributed by atoms with van der Waals surface area (Å²) in [5.74, 6) is 0. The van der Waals surface area contributed by atoms with E-state index >= 15 is 0 Å². The molecule has 0 aliphatic heterocycles. The smallest absolute Gasteiger partial charge is 0.377 e. The number of aliphatic hydroxyl groups excluding tert-OH is 1. The van der Waals surface area contributed by atoms with Crippen molar-refractivity contribution in [2.45, 2.75) is 36.0 Å². The van der Waals surface area contributed by atoms with Crippen molar-refractivity contribution in [2.75, 3.05) is 0 Å². The van der Waals surface area contributed by atoms with Gasteiger partial charge >= 0.3 is 42.9 Å². The Morgan fingerprint density at radius 3 is 1.04 bits per heavy atom. The van der Waals surface area contributed by atoms with Crippen LogP contribution in [0.4, 0.5) is 43.9 Å². The quantitative estimate of drug-likeness (QED) is 0.534. The largest absolute Gasteiger partial charge is 0.471 e. The van der Waals surface area contributed by atoms with Crippen LogP contribution < -0.4 is 0 Å². The Hall–Kier alpha value is -0.880. The van der Waals surface area contributed by atoms with E-state index in [0.29, 0.717) is 0 Å². The highest BCUT2D eigenvalue weighted by Gasteiger charge is 2.76. The summed E-state index contributed by atoms with van der Waals surface area (Å²) in [6.07, 6.45) is -17.8. The molecule has 0 aromatic carbocycles. The highest BCUT2D eigenvalue weighted by Crippen LogP contribution is 2.47. The number of hydrogen-bond acceptors (Lipinski definition) is 5. The van der Waals surface area contributed by atoms with E-state index in [1.807, 2.05) is 0 Å². The van der Waals surface area contributed by atoms with Gasteiger partial charge in [-0.25, -0.2) is 16.8 Å². The van der Waals surface area contributed by atoms with Gasteiger partial charge in [-0.1, -0.05) is 3.71 Å². The van der Waals surface area contributed by atoms with E-state index in [0.717, 1.165) is 0 Å². The molecule has 18 heteroatoms. The summed E-state index contributed by atoms with van der Waals surface area (Å²) in [7, 11) is -15.6. The van der Waals surface area contributed by atoms with Crippen LogP contribution in [0.5, 0.6) is 0 Å². The first-order chi connectivity index (χ1) is 10.1. The molecule has 0 heterocycles. The minimum absolute atomic E-state index is 0.242. The lowest BCUT2D eigenvalue weighted by Gasteiger charge is -2.32. The minimum atomic E-state index is -7.80. The molecular weight excluding hydrogens is 420 g/mol. The Bertz CT molecular complexity index is 620. The number of nitrogens with zero attached hydrogens (tertiary/aromatic N) is 1. The predicted octanol–water partition coefficient (Wildman–Crippen LogP) is 1.60. The molecule has 1 atom stereocenters. The topological polar surface area (TPSA) is 91.8 Å². The van der Waals surface area contributed by atoms with Gasteiger partial charge in [0.25, 0.3) is 0 Å². The first-order valence-corrected chi connectivity index (χ1v) is 7.80. The van der Waals surface area contributed by atoms with Crippen molar-refractivity contribution in [3.8, 4) is 0 Å². The highest BCUT2D eigenvalue weighted by atomic mass is 32.3. The van der Waals surface area contributed by atoms with Crippen LogP contribution in [0.25, 0.3) is 0 Å². The Kier molecular flexibility index (Phi) is 5.62. The third-order valence-electron chi connectivity index (χ3n) is 2.09. The van der Waals surface area contributed by atoms with Crippen molar-refractivity contribution in [3.05, 3.63) is 0 Å². The van der Waals surface area contributed by atoms with Crippen LogP contribution in [0.2, 0.25) is 0 Å². The second-order valence-corrected chi connectivity index (χ2v) is 7.84. The zero-order valence-electron chi connectivity index (χ0n) is 10.7. The molecule has 0 aromatic heterocycles. The van der Waals surface area contributed by atoms with Crippen molar-refractivity contribution >= 4 is 20.0 Å². The molecular formula is C6H5F10NO5S2. The maximum atomic E-state index is 12.9. The molecule has 0 amide bonds. The average molecular weight is 425 g/mol. The second kappa shape index (κ2) is 5.84. The lowest BCUT2D eigenvalue weighted by molar-refractivity contribution is -0.245. The highest BCUT2D eigenvalue weighted by molar-refractivity contribution is 8.05. The molecule has 0 saturated carbocycles. The van der Waals surface area contributed by atoms with Crippen LogP contribution in [0.15, 0.2) is 0 Å². The average Bonchev–Trinajstić information content (AvgIpc) is 2.23. The van der Waals surface area contributed by atoms with Crippen LogP contribution in [-0.4, -0.2) is 54.7 Å². The molecule has 0 aliphatic carbocycles. The second-order valence-electron chi connectivity index (χ2n) is 3.90. The van der Waals surface area contributed by atoms with Crippen LogP contribution in [0.1, 0.15) is 6.92 Å². The summed E-state index contributed by atoms with van der Waals surface area (Å²) in [4.78, 5) is 0. The van der Waals surface area contributed by atoms with E-state index in [4.69, 9.17) is 5.11 Å².